The van der Waals surface area contributed by atoms with Gasteiger partial charge in [0.15, 0.2) is 9.84 Å². The first-order valence-electron chi connectivity index (χ1n) is 6.86. The molecule has 0 aromatic heterocycles. The zero-order chi connectivity index (χ0) is 14.4. The van der Waals surface area contributed by atoms with E-state index in [1.807, 2.05) is 0 Å². The van der Waals surface area contributed by atoms with E-state index in [0.717, 1.165) is 19.5 Å². The van der Waals surface area contributed by atoms with E-state index in [-0.39, 0.29) is 11.6 Å². The molecule has 0 saturated carbocycles. The first-order valence-corrected chi connectivity index (χ1v) is 8.68. The van der Waals surface area contributed by atoms with Crippen LogP contribution < -0.4 is 4.74 Å². The van der Waals surface area contributed by atoms with Crippen LogP contribution in [-0.2, 0) is 9.84 Å². The maximum absolute atomic E-state index is 12.7. The minimum Gasteiger partial charge on any atom is -0.494 e. The molecule has 0 radical (unpaired) electrons. The Bertz CT molecular complexity index is 516. The van der Waals surface area contributed by atoms with Gasteiger partial charge in [-0.1, -0.05) is 0 Å². The van der Waals surface area contributed by atoms with Gasteiger partial charge in [-0.15, -0.1) is 0 Å². The SMILES string of the molecule is O=S1(=O)CCCN(CCCOc2ccc(F)cc2)CC1. The molecule has 20 heavy (non-hydrogen) atoms. The van der Waals surface area contributed by atoms with E-state index in [9.17, 15) is 12.8 Å². The number of rotatable bonds is 5. The van der Waals surface area contributed by atoms with Gasteiger partial charge in [0.1, 0.15) is 11.6 Å². The second kappa shape index (κ2) is 7.04. The first-order chi connectivity index (χ1) is 9.55. The predicted octanol–water partition coefficient (Wildman–Crippen LogP) is 1.72. The highest BCUT2D eigenvalue weighted by Crippen LogP contribution is 2.11. The summed E-state index contributed by atoms with van der Waals surface area (Å²) in [6, 6.07) is 5.95. The fourth-order valence-corrected chi connectivity index (χ4v) is 3.53. The lowest BCUT2D eigenvalue weighted by Crippen LogP contribution is -2.29. The number of halogens is 1. The minimum atomic E-state index is -2.84. The van der Waals surface area contributed by atoms with Gasteiger partial charge < -0.3 is 9.64 Å². The Labute approximate surface area is 119 Å². The van der Waals surface area contributed by atoms with E-state index in [2.05, 4.69) is 4.90 Å². The lowest BCUT2D eigenvalue weighted by Gasteiger charge is -2.18. The van der Waals surface area contributed by atoms with Crippen LogP contribution in [0.5, 0.6) is 5.75 Å². The van der Waals surface area contributed by atoms with E-state index < -0.39 is 9.84 Å². The second-order valence-corrected chi connectivity index (χ2v) is 7.31. The molecule has 1 aromatic carbocycles. The highest BCUT2D eigenvalue weighted by molar-refractivity contribution is 7.91. The van der Waals surface area contributed by atoms with Crippen molar-refractivity contribution >= 4 is 9.84 Å². The summed E-state index contributed by atoms with van der Waals surface area (Å²) in [5.41, 5.74) is 0. The highest BCUT2D eigenvalue weighted by Gasteiger charge is 2.18. The number of hydrogen-bond acceptors (Lipinski definition) is 4. The maximum Gasteiger partial charge on any atom is 0.151 e. The van der Waals surface area contributed by atoms with Crippen molar-refractivity contribution < 1.29 is 17.5 Å². The fraction of sp³-hybridized carbons (Fsp3) is 0.571. The lowest BCUT2D eigenvalue weighted by molar-refractivity contribution is 0.245. The molecule has 1 saturated heterocycles. The third-order valence-electron chi connectivity index (χ3n) is 3.35. The van der Waals surface area contributed by atoms with Crippen LogP contribution in [0.3, 0.4) is 0 Å². The van der Waals surface area contributed by atoms with Gasteiger partial charge in [0.2, 0.25) is 0 Å². The van der Waals surface area contributed by atoms with Crippen molar-refractivity contribution in [2.24, 2.45) is 0 Å². The Morgan fingerprint density at radius 1 is 1.15 bits per heavy atom. The molecule has 1 heterocycles. The van der Waals surface area contributed by atoms with Crippen molar-refractivity contribution in [3.63, 3.8) is 0 Å². The topological polar surface area (TPSA) is 46.6 Å². The Balaban J connectivity index is 1.67. The molecule has 0 spiro atoms. The molecule has 0 bridgehead atoms. The van der Waals surface area contributed by atoms with Gasteiger partial charge in [0.05, 0.1) is 18.1 Å². The third kappa shape index (κ3) is 5.09. The maximum atomic E-state index is 12.7. The Morgan fingerprint density at radius 3 is 2.65 bits per heavy atom. The number of hydrogen-bond donors (Lipinski definition) is 0. The summed E-state index contributed by atoms with van der Waals surface area (Å²) in [5, 5.41) is 0. The molecule has 0 atom stereocenters. The van der Waals surface area contributed by atoms with Crippen molar-refractivity contribution in [3.05, 3.63) is 30.1 Å². The molecule has 1 aliphatic rings. The summed E-state index contributed by atoms with van der Waals surface area (Å²) >= 11 is 0. The average molecular weight is 301 g/mol. The lowest BCUT2D eigenvalue weighted by atomic mass is 10.3. The van der Waals surface area contributed by atoms with Crippen LogP contribution in [0, 0.1) is 5.82 Å². The molecule has 0 N–H and O–H groups in total. The van der Waals surface area contributed by atoms with Crippen LogP contribution in [0.15, 0.2) is 24.3 Å². The number of ether oxygens (including phenoxy) is 1. The molecular formula is C14H20FNO3S. The van der Waals surface area contributed by atoms with E-state index in [1.165, 1.54) is 12.1 Å². The van der Waals surface area contributed by atoms with Crippen LogP contribution in [0.2, 0.25) is 0 Å². The molecular weight excluding hydrogens is 281 g/mol. The standard InChI is InChI=1S/C14H20FNO3S/c15-13-3-5-14(6-4-13)19-10-1-7-16-8-2-11-20(17,18)12-9-16/h3-6H,1-2,7-12H2. The molecule has 112 valence electrons. The smallest absolute Gasteiger partial charge is 0.151 e. The van der Waals surface area contributed by atoms with E-state index in [4.69, 9.17) is 4.74 Å². The molecule has 1 fully saturated rings. The van der Waals surface area contributed by atoms with Gasteiger partial charge in [-0.3, -0.25) is 0 Å². The van der Waals surface area contributed by atoms with Crippen LogP contribution >= 0.6 is 0 Å². The third-order valence-corrected chi connectivity index (χ3v) is 5.06. The van der Waals surface area contributed by atoms with E-state index in [0.29, 0.717) is 31.1 Å². The van der Waals surface area contributed by atoms with Crippen LogP contribution in [0.25, 0.3) is 0 Å². The van der Waals surface area contributed by atoms with Crippen LogP contribution in [-0.4, -0.2) is 51.1 Å². The summed E-state index contributed by atoms with van der Waals surface area (Å²) in [7, 11) is -2.84. The van der Waals surface area contributed by atoms with Crippen molar-refractivity contribution in [1.29, 1.82) is 0 Å². The normalized spacial score (nSPS) is 19.4. The highest BCUT2D eigenvalue weighted by atomic mass is 32.2. The second-order valence-electron chi connectivity index (χ2n) is 5.00. The van der Waals surface area contributed by atoms with Crippen LogP contribution in [0.4, 0.5) is 4.39 Å². The average Bonchev–Trinajstić information content (AvgIpc) is 2.58. The molecule has 6 heteroatoms. The summed E-state index contributed by atoms with van der Waals surface area (Å²) in [6.07, 6.45) is 1.54. The summed E-state index contributed by atoms with van der Waals surface area (Å²) < 4.78 is 41.2. The Morgan fingerprint density at radius 2 is 1.90 bits per heavy atom. The van der Waals surface area contributed by atoms with Crippen molar-refractivity contribution in [1.82, 2.24) is 4.90 Å². The summed E-state index contributed by atoms with van der Waals surface area (Å²) in [6.45, 7) is 2.82. The summed E-state index contributed by atoms with van der Waals surface area (Å²) in [5.74, 6) is 0.939. The van der Waals surface area contributed by atoms with Gasteiger partial charge in [-0.2, -0.15) is 0 Å². The minimum absolute atomic E-state index is 0.256. The Hall–Kier alpha value is -1.14. The van der Waals surface area contributed by atoms with Gasteiger partial charge >= 0.3 is 0 Å². The molecule has 0 amide bonds. The van der Waals surface area contributed by atoms with Crippen LogP contribution in [0.1, 0.15) is 12.8 Å². The summed E-state index contributed by atoms with van der Waals surface area (Å²) in [4.78, 5) is 2.17. The molecule has 1 aromatic rings. The Kier molecular flexibility index (Phi) is 5.37. The zero-order valence-electron chi connectivity index (χ0n) is 11.4. The molecule has 0 unspecified atom stereocenters. The monoisotopic (exact) mass is 301 g/mol. The van der Waals surface area contributed by atoms with Gasteiger partial charge in [0, 0.05) is 13.1 Å². The van der Waals surface area contributed by atoms with Gasteiger partial charge in [-0.25, -0.2) is 12.8 Å². The largest absolute Gasteiger partial charge is 0.494 e. The number of nitrogens with zero attached hydrogens (tertiary/aromatic N) is 1. The fourth-order valence-electron chi connectivity index (χ4n) is 2.22. The van der Waals surface area contributed by atoms with Gasteiger partial charge in [0.25, 0.3) is 0 Å². The number of benzene rings is 1. The van der Waals surface area contributed by atoms with E-state index >= 15 is 0 Å². The molecule has 0 aliphatic carbocycles. The van der Waals surface area contributed by atoms with Crippen molar-refractivity contribution in [2.45, 2.75) is 12.8 Å². The van der Waals surface area contributed by atoms with Crippen molar-refractivity contribution in [2.75, 3.05) is 37.7 Å². The van der Waals surface area contributed by atoms with E-state index in [1.54, 1.807) is 12.1 Å². The number of sulfone groups is 1. The molecule has 4 nitrogen and oxygen atoms in total. The zero-order valence-corrected chi connectivity index (χ0v) is 12.2. The quantitative estimate of drug-likeness (QED) is 0.777. The first kappa shape index (κ1) is 15.3. The van der Waals surface area contributed by atoms with Crippen molar-refractivity contribution in [3.8, 4) is 5.75 Å². The predicted molar refractivity (Wildman–Crippen MR) is 76.2 cm³/mol. The molecule has 2 rings (SSSR count). The molecule has 1 aliphatic heterocycles. The van der Waals surface area contributed by atoms with Gasteiger partial charge in [-0.05, 0) is 43.7 Å².